The zero-order valence-corrected chi connectivity index (χ0v) is 11.2. The first kappa shape index (κ1) is 13.1. The van der Waals surface area contributed by atoms with Crippen LogP contribution in [0.4, 0.5) is 11.5 Å². The summed E-state index contributed by atoms with van der Waals surface area (Å²) in [4.78, 5) is 14.9. The molecule has 0 bridgehead atoms. The van der Waals surface area contributed by atoms with Crippen molar-refractivity contribution in [2.24, 2.45) is 5.92 Å². The Labute approximate surface area is 111 Å². The summed E-state index contributed by atoms with van der Waals surface area (Å²) in [7, 11) is 1.76. The number of hydrogen-bond acceptors (Lipinski definition) is 5. The molecule has 0 spiro atoms. The van der Waals surface area contributed by atoms with Gasteiger partial charge in [0.05, 0.1) is 4.92 Å². The van der Waals surface area contributed by atoms with Crippen molar-refractivity contribution < 1.29 is 4.92 Å². The van der Waals surface area contributed by atoms with E-state index in [-0.39, 0.29) is 10.6 Å². The Balaban J connectivity index is 2.10. The van der Waals surface area contributed by atoms with Gasteiger partial charge >= 0.3 is 5.69 Å². The second-order valence-corrected chi connectivity index (χ2v) is 5.50. The lowest BCUT2D eigenvalue weighted by Gasteiger charge is -2.08. The Kier molecular flexibility index (Phi) is 4.41. The van der Waals surface area contributed by atoms with Gasteiger partial charge in [0, 0.05) is 18.9 Å². The van der Waals surface area contributed by atoms with E-state index in [1.54, 1.807) is 13.1 Å². The van der Waals surface area contributed by atoms with Gasteiger partial charge in [-0.15, -0.1) is 0 Å². The molecule has 98 valence electrons. The highest BCUT2D eigenvalue weighted by atomic mass is 32.2. The molecule has 1 aliphatic carbocycles. The molecule has 1 heterocycles. The number of pyridine rings is 1. The first-order valence-electron chi connectivity index (χ1n) is 6.16. The molecule has 18 heavy (non-hydrogen) atoms. The van der Waals surface area contributed by atoms with Crippen molar-refractivity contribution in [3.8, 4) is 0 Å². The lowest BCUT2D eigenvalue weighted by atomic mass is 10.1. The van der Waals surface area contributed by atoms with E-state index in [4.69, 9.17) is 0 Å². The van der Waals surface area contributed by atoms with Crippen LogP contribution in [0.15, 0.2) is 17.2 Å². The lowest BCUT2D eigenvalue weighted by molar-refractivity contribution is -0.388. The SMILES string of the molecule is CNc1ccc([N+](=O)[O-])c(SCC2CCCC2)n1. The third-order valence-electron chi connectivity index (χ3n) is 3.22. The number of thioether (sulfide) groups is 1. The molecule has 0 aliphatic heterocycles. The van der Waals surface area contributed by atoms with E-state index >= 15 is 0 Å². The third kappa shape index (κ3) is 3.13. The number of aromatic nitrogens is 1. The molecule has 2 rings (SSSR count). The monoisotopic (exact) mass is 267 g/mol. The Bertz CT molecular complexity index is 433. The van der Waals surface area contributed by atoms with Gasteiger partial charge in [-0.1, -0.05) is 24.6 Å². The second-order valence-electron chi connectivity index (χ2n) is 4.49. The minimum absolute atomic E-state index is 0.108. The van der Waals surface area contributed by atoms with E-state index < -0.39 is 0 Å². The predicted octanol–water partition coefficient (Wildman–Crippen LogP) is 3.31. The van der Waals surface area contributed by atoms with Crippen LogP contribution in [-0.2, 0) is 0 Å². The lowest BCUT2D eigenvalue weighted by Crippen LogP contribution is -2.01. The molecule has 5 nitrogen and oxygen atoms in total. The second kappa shape index (κ2) is 6.04. The van der Waals surface area contributed by atoms with E-state index in [2.05, 4.69) is 10.3 Å². The Morgan fingerprint density at radius 1 is 1.50 bits per heavy atom. The van der Waals surface area contributed by atoms with Crippen LogP contribution in [0.1, 0.15) is 25.7 Å². The first-order valence-corrected chi connectivity index (χ1v) is 7.15. The molecule has 6 heteroatoms. The highest BCUT2D eigenvalue weighted by Gasteiger charge is 2.20. The normalized spacial score (nSPS) is 15.8. The molecule has 0 unspecified atom stereocenters. The summed E-state index contributed by atoms with van der Waals surface area (Å²) in [5.74, 6) is 2.30. The van der Waals surface area contributed by atoms with Crippen LogP contribution in [-0.4, -0.2) is 22.7 Å². The fourth-order valence-electron chi connectivity index (χ4n) is 2.19. The van der Waals surface area contributed by atoms with Crippen LogP contribution >= 0.6 is 11.8 Å². The number of hydrogen-bond donors (Lipinski definition) is 1. The first-order chi connectivity index (χ1) is 8.70. The van der Waals surface area contributed by atoms with Gasteiger partial charge in [0.1, 0.15) is 5.82 Å². The molecule has 1 saturated carbocycles. The van der Waals surface area contributed by atoms with Crippen molar-refractivity contribution in [2.75, 3.05) is 18.1 Å². The largest absolute Gasteiger partial charge is 0.373 e. The van der Waals surface area contributed by atoms with Crippen LogP contribution in [0.3, 0.4) is 0 Å². The van der Waals surface area contributed by atoms with Gasteiger partial charge in [-0.3, -0.25) is 10.1 Å². The van der Waals surface area contributed by atoms with E-state index in [9.17, 15) is 10.1 Å². The molecule has 1 aliphatic rings. The summed E-state index contributed by atoms with van der Waals surface area (Å²) in [5, 5.41) is 14.4. The molecular formula is C12H17N3O2S. The van der Waals surface area contributed by atoms with Crippen molar-refractivity contribution >= 4 is 23.3 Å². The number of nitrogens with zero attached hydrogens (tertiary/aromatic N) is 2. The van der Waals surface area contributed by atoms with Crippen LogP contribution in [0.2, 0.25) is 0 Å². The summed E-state index contributed by atoms with van der Waals surface area (Å²) >= 11 is 1.51. The van der Waals surface area contributed by atoms with Crippen molar-refractivity contribution in [3.63, 3.8) is 0 Å². The smallest absolute Gasteiger partial charge is 0.301 e. The summed E-state index contributed by atoms with van der Waals surface area (Å²) in [6, 6.07) is 3.16. The topological polar surface area (TPSA) is 68.1 Å². The maximum Gasteiger partial charge on any atom is 0.301 e. The van der Waals surface area contributed by atoms with E-state index in [0.717, 1.165) is 5.75 Å². The average Bonchev–Trinajstić information content (AvgIpc) is 2.88. The molecule has 1 aromatic heterocycles. The van der Waals surface area contributed by atoms with E-state index in [1.165, 1.54) is 43.5 Å². The highest BCUT2D eigenvalue weighted by molar-refractivity contribution is 7.99. The predicted molar refractivity (Wildman–Crippen MR) is 73.1 cm³/mol. The summed E-state index contributed by atoms with van der Waals surface area (Å²) < 4.78 is 0. The van der Waals surface area contributed by atoms with Crippen molar-refractivity contribution in [1.82, 2.24) is 4.98 Å². The fourth-order valence-corrected chi connectivity index (χ4v) is 3.37. The molecule has 0 amide bonds. The fraction of sp³-hybridized carbons (Fsp3) is 0.583. The summed E-state index contributed by atoms with van der Waals surface area (Å²) in [6.45, 7) is 0. The standard InChI is InChI=1S/C12H17N3O2S/c1-13-11-7-6-10(15(16)17)12(14-11)18-8-9-4-2-3-5-9/h6-7,9H,2-5,8H2,1H3,(H,13,14). The maximum absolute atomic E-state index is 10.9. The van der Waals surface area contributed by atoms with Gasteiger partial charge in [0.2, 0.25) is 0 Å². The molecule has 0 atom stereocenters. The molecular weight excluding hydrogens is 250 g/mol. The van der Waals surface area contributed by atoms with Gasteiger partial charge in [-0.05, 0) is 24.8 Å². The zero-order valence-electron chi connectivity index (χ0n) is 10.4. The van der Waals surface area contributed by atoms with E-state index in [0.29, 0.717) is 16.8 Å². The summed E-state index contributed by atoms with van der Waals surface area (Å²) in [6.07, 6.45) is 5.06. The Morgan fingerprint density at radius 3 is 2.83 bits per heavy atom. The number of nitro groups is 1. The van der Waals surface area contributed by atoms with Gasteiger partial charge in [-0.25, -0.2) is 4.98 Å². The minimum Gasteiger partial charge on any atom is -0.373 e. The van der Waals surface area contributed by atoms with Crippen LogP contribution in [0, 0.1) is 16.0 Å². The number of anilines is 1. The zero-order chi connectivity index (χ0) is 13.0. The number of nitrogens with one attached hydrogen (secondary N) is 1. The van der Waals surface area contributed by atoms with Crippen LogP contribution in [0.5, 0.6) is 0 Å². The summed E-state index contributed by atoms with van der Waals surface area (Å²) in [5.41, 5.74) is 0.108. The van der Waals surface area contributed by atoms with Gasteiger partial charge in [-0.2, -0.15) is 0 Å². The molecule has 1 aromatic rings. The Hall–Kier alpha value is -1.30. The van der Waals surface area contributed by atoms with Gasteiger partial charge in [0.15, 0.2) is 5.03 Å². The van der Waals surface area contributed by atoms with Crippen LogP contribution in [0.25, 0.3) is 0 Å². The van der Waals surface area contributed by atoms with Crippen LogP contribution < -0.4 is 5.32 Å². The molecule has 0 saturated heterocycles. The van der Waals surface area contributed by atoms with Gasteiger partial charge < -0.3 is 5.32 Å². The van der Waals surface area contributed by atoms with Crippen molar-refractivity contribution in [1.29, 1.82) is 0 Å². The minimum atomic E-state index is -0.358. The van der Waals surface area contributed by atoms with Crippen molar-refractivity contribution in [2.45, 2.75) is 30.7 Å². The molecule has 1 fully saturated rings. The van der Waals surface area contributed by atoms with E-state index in [1.807, 2.05) is 0 Å². The third-order valence-corrected chi connectivity index (χ3v) is 4.44. The highest BCUT2D eigenvalue weighted by Crippen LogP contribution is 2.34. The Morgan fingerprint density at radius 2 is 2.22 bits per heavy atom. The van der Waals surface area contributed by atoms with Crippen molar-refractivity contribution in [3.05, 3.63) is 22.2 Å². The maximum atomic E-state index is 10.9. The quantitative estimate of drug-likeness (QED) is 0.503. The molecule has 0 radical (unpaired) electrons. The molecule has 0 aromatic carbocycles. The van der Waals surface area contributed by atoms with Gasteiger partial charge in [0.25, 0.3) is 0 Å². The average molecular weight is 267 g/mol. The molecule has 1 N–H and O–H groups in total. The number of rotatable bonds is 5.